The van der Waals surface area contributed by atoms with Gasteiger partial charge in [0.1, 0.15) is 11.5 Å². The first-order valence-electron chi connectivity index (χ1n) is 10.6. The maximum atomic E-state index is 12.7. The first-order chi connectivity index (χ1) is 14.9. The van der Waals surface area contributed by atoms with E-state index in [1.54, 1.807) is 31.4 Å². The molecule has 8 heteroatoms. The van der Waals surface area contributed by atoms with Gasteiger partial charge >= 0.3 is 0 Å². The number of benzene rings is 2. The van der Waals surface area contributed by atoms with Crippen LogP contribution in [0.3, 0.4) is 0 Å². The van der Waals surface area contributed by atoms with Gasteiger partial charge in [0.05, 0.1) is 19.5 Å². The Kier molecular flexibility index (Phi) is 7.92. The molecule has 2 aromatic rings. The molecule has 0 aromatic heterocycles. The smallest absolute Gasteiger partial charge is 0.251 e. The number of fused-ring (bicyclic) bond motifs is 1. The van der Waals surface area contributed by atoms with Crippen molar-refractivity contribution in [3.05, 3.63) is 59.2 Å². The van der Waals surface area contributed by atoms with E-state index in [9.17, 15) is 13.2 Å². The molecular weight excluding hydrogens is 416 g/mol. The van der Waals surface area contributed by atoms with Crippen LogP contribution in [-0.2, 0) is 23.0 Å². The fourth-order valence-electron chi connectivity index (χ4n) is 3.43. The molecule has 1 heterocycles. The van der Waals surface area contributed by atoms with Crippen LogP contribution in [0.4, 0.5) is 0 Å². The standard InChI is InChI=1S/C23H30N2O5S/c1-3-4-14-30-21-8-5-18(6-9-21)23(26)24-12-15-31(27,28)25-13-11-19-16-22(29-2)10-7-20(19)17-25/h5-10,16H,3-4,11-15,17H2,1-2H3,(H,24,26). The fraction of sp³-hybridized carbons (Fsp3) is 0.435. The van der Waals surface area contributed by atoms with Crippen LogP contribution < -0.4 is 14.8 Å². The molecule has 0 saturated heterocycles. The lowest BCUT2D eigenvalue weighted by Gasteiger charge is -2.28. The summed E-state index contributed by atoms with van der Waals surface area (Å²) in [4.78, 5) is 12.3. The van der Waals surface area contributed by atoms with Crippen molar-refractivity contribution in [3.8, 4) is 11.5 Å². The molecule has 1 aliphatic rings. The highest BCUT2D eigenvalue weighted by atomic mass is 32.2. The average Bonchev–Trinajstić information content (AvgIpc) is 2.78. The molecule has 7 nitrogen and oxygen atoms in total. The van der Waals surface area contributed by atoms with Crippen LogP contribution in [0.15, 0.2) is 42.5 Å². The van der Waals surface area contributed by atoms with Gasteiger partial charge in [0.2, 0.25) is 10.0 Å². The van der Waals surface area contributed by atoms with Crippen molar-refractivity contribution in [2.45, 2.75) is 32.7 Å². The van der Waals surface area contributed by atoms with E-state index in [0.29, 0.717) is 31.7 Å². The largest absolute Gasteiger partial charge is 0.497 e. The summed E-state index contributed by atoms with van der Waals surface area (Å²) in [7, 11) is -1.86. The minimum absolute atomic E-state index is 0.0574. The second-order valence-electron chi connectivity index (χ2n) is 7.52. The molecule has 0 aliphatic carbocycles. The monoisotopic (exact) mass is 446 g/mol. The Balaban J connectivity index is 1.49. The molecule has 3 rings (SSSR count). The Hall–Kier alpha value is -2.58. The Bertz CT molecular complexity index is 990. The zero-order chi connectivity index (χ0) is 22.3. The van der Waals surface area contributed by atoms with E-state index in [1.807, 2.05) is 18.2 Å². The van der Waals surface area contributed by atoms with Crippen molar-refractivity contribution in [1.82, 2.24) is 9.62 Å². The minimum Gasteiger partial charge on any atom is -0.497 e. The van der Waals surface area contributed by atoms with Crippen LogP contribution in [0.5, 0.6) is 11.5 Å². The normalized spacial score (nSPS) is 14.0. The lowest BCUT2D eigenvalue weighted by atomic mass is 10.0. The molecule has 168 valence electrons. The fourth-order valence-corrected chi connectivity index (χ4v) is 4.75. The van der Waals surface area contributed by atoms with Crippen molar-refractivity contribution >= 4 is 15.9 Å². The molecule has 1 aliphatic heterocycles. The third kappa shape index (κ3) is 6.21. The third-order valence-corrected chi connectivity index (χ3v) is 7.13. The molecule has 0 saturated carbocycles. The van der Waals surface area contributed by atoms with E-state index >= 15 is 0 Å². The molecule has 1 N–H and O–H groups in total. The van der Waals surface area contributed by atoms with Gasteiger partial charge in [-0.2, -0.15) is 4.31 Å². The number of sulfonamides is 1. The van der Waals surface area contributed by atoms with Gasteiger partial charge in [-0.1, -0.05) is 19.4 Å². The summed E-state index contributed by atoms with van der Waals surface area (Å²) in [5.74, 6) is 1.06. The van der Waals surface area contributed by atoms with Crippen LogP contribution in [0.2, 0.25) is 0 Å². The Labute approximate surface area is 184 Å². The Morgan fingerprint density at radius 1 is 1.10 bits per heavy atom. The number of ether oxygens (including phenoxy) is 2. The van der Waals surface area contributed by atoms with Crippen LogP contribution in [-0.4, -0.2) is 51.2 Å². The molecule has 0 fully saturated rings. The summed E-state index contributed by atoms with van der Waals surface area (Å²) in [6, 6.07) is 12.6. The number of rotatable bonds is 10. The molecule has 1 amide bonds. The maximum absolute atomic E-state index is 12.7. The van der Waals surface area contributed by atoms with Crippen LogP contribution >= 0.6 is 0 Å². The summed E-state index contributed by atoms with van der Waals surface area (Å²) in [5.41, 5.74) is 2.57. The molecule has 0 unspecified atom stereocenters. The van der Waals surface area contributed by atoms with Crippen molar-refractivity contribution < 1.29 is 22.7 Å². The predicted molar refractivity (Wildman–Crippen MR) is 120 cm³/mol. The second-order valence-corrected chi connectivity index (χ2v) is 9.60. The van der Waals surface area contributed by atoms with E-state index < -0.39 is 10.0 Å². The zero-order valence-electron chi connectivity index (χ0n) is 18.1. The number of nitrogens with zero attached hydrogens (tertiary/aromatic N) is 1. The summed E-state index contributed by atoms with van der Waals surface area (Å²) >= 11 is 0. The van der Waals surface area contributed by atoms with Gasteiger partial charge in [0.25, 0.3) is 5.91 Å². The van der Waals surface area contributed by atoms with Crippen molar-refractivity contribution in [2.24, 2.45) is 0 Å². The number of nitrogens with one attached hydrogen (secondary N) is 1. The lowest BCUT2D eigenvalue weighted by Crippen LogP contribution is -2.40. The van der Waals surface area contributed by atoms with Crippen molar-refractivity contribution in [3.63, 3.8) is 0 Å². The van der Waals surface area contributed by atoms with Crippen molar-refractivity contribution in [2.75, 3.05) is 32.6 Å². The number of unbranched alkanes of at least 4 members (excludes halogenated alkanes) is 1. The topological polar surface area (TPSA) is 84.9 Å². The number of carbonyl (C=O) groups excluding carboxylic acids is 1. The molecule has 0 radical (unpaired) electrons. The summed E-state index contributed by atoms with van der Waals surface area (Å²) < 4.78 is 37.8. The maximum Gasteiger partial charge on any atom is 0.251 e. The first kappa shape index (κ1) is 23.1. The second kappa shape index (κ2) is 10.6. The highest BCUT2D eigenvalue weighted by molar-refractivity contribution is 7.89. The molecular formula is C23H30N2O5S. The Morgan fingerprint density at radius 2 is 1.84 bits per heavy atom. The SMILES string of the molecule is CCCCOc1ccc(C(=O)NCCS(=O)(=O)N2CCc3cc(OC)ccc3C2)cc1. The van der Waals surface area contributed by atoms with E-state index in [4.69, 9.17) is 9.47 Å². The Morgan fingerprint density at radius 3 is 2.55 bits per heavy atom. The number of hydrogen-bond acceptors (Lipinski definition) is 5. The molecule has 0 atom stereocenters. The quantitative estimate of drug-likeness (QED) is 0.567. The summed E-state index contributed by atoms with van der Waals surface area (Å²) in [6.07, 6.45) is 2.68. The van der Waals surface area contributed by atoms with E-state index in [-0.39, 0.29) is 18.2 Å². The molecule has 2 aromatic carbocycles. The third-order valence-electron chi connectivity index (χ3n) is 5.31. The van der Waals surface area contributed by atoms with Gasteiger partial charge < -0.3 is 14.8 Å². The minimum atomic E-state index is -3.47. The predicted octanol–water partition coefficient (Wildman–Crippen LogP) is 2.99. The number of amides is 1. The van der Waals surface area contributed by atoms with Gasteiger partial charge in [-0.3, -0.25) is 4.79 Å². The average molecular weight is 447 g/mol. The summed E-state index contributed by atoms with van der Waals surface area (Å²) in [6.45, 7) is 3.57. The van der Waals surface area contributed by atoms with E-state index in [1.165, 1.54) is 4.31 Å². The highest BCUT2D eigenvalue weighted by Gasteiger charge is 2.26. The van der Waals surface area contributed by atoms with Gasteiger partial charge in [-0.25, -0.2) is 8.42 Å². The van der Waals surface area contributed by atoms with Gasteiger partial charge in [-0.05, 0) is 60.4 Å². The zero-order valence-corrected chi connectivity index (χ0v) is 18.9. The van der Waals surface area contributed by atoms with Crippen LogP contribution in [0.1, 0.15) is 41.3 Å². The van der Waals surface area contributed by atoms with Crippen LogP contribution in [0.25, 0.3) is 0 Å². The van der Waals surface area contributed by atoms with Gasteiger partial charge in [0, 0.05) is 25.2 Å². The van der Waals surface area contributed by atoms with E-state index in [0.717, 1.165) is 35.5 Å². The summed E-state index contributed by atoms with van der Waals surface area (Å²) in [5, 5.41) is 2.70. The number of hydrogen-bond donors (Lipinski definition) is 1. The number of methoxy groups -OCH3 is 1. The molecule has 31 heavy (non-hydrogen) atoms. The highest BCUT2D eigenvalue weighted by Crippen LogP contribution is 2.25. The lowest BCUT2D eigenvalue weighted by molar-refractivity contribution is 0.0956. The van der Waals surface area contributed by atoms with Crippen LogP contribution in [0, 0.1) is 0 Å². The molecule has 0 spiro atoms. The van der Waals surface area contributed by atoms with Crippen molar-refractivity contribution in [1.29, 1.82) is 0 Å². The van der Waals surface area contributed by atoms with E-state index in [2.05, 4.69) is 12.2 Å². The van der Waals surface area contributed by atoms with Gasteiger partial charge in [0.15, 0.2) is 0 Å². The van der Waals surface area contributed by atoms with Gasteiger partial charge in [-0.15, -0.1) is 0 Å². The molecule has 0 bridgehead atoms. The first-order valence-corrected chi connectivity index (χ1v) is 12.2. The number of carbonyl (C=O) groups is 1.